The quantitative estimate of drug-likeness (QED) is 0.606. The summed E-state index contributed by atoms with van der Waals surface area (Å²) in [4.78, 5) is 0. The maximum atomic E-state index is 13.9. The minimum Gasteiger partial charge on any atom is -0.494 e. The molecule has 134 valence electrons. The second-order valence-electron chi connectivity index (χ2n) is 6.90. The normalized spacial score (nSPS) is 17.7. The largest absolute Gasteiger partial charge is 0.494 e. The van der Waals surface area contributed by atoms with Gasteiger partial charge in [0.25, 0.3) is 0 Å². The van der Waals surface area contributed by atoms with Gasteiger partial charge in [-0.2, -0.15) is 5.10 Å². The van der Waals surface area contributed by atoms with Gasteiger partial charge in [-0.3, -0.25) is 0 Å². The number of rotatable bonds is 7. The first-order valence-corrected chi connectivity index (χ1v) is 10.5. The van der Waals surface area contributed by atoms with Crippen molar-refractivity contribution in [1.29, 1.82) is 0 Å². The molecule has 25 heavy (non-hydrogen) atoms. The summed E-state index contributed by atoms with van der Waals surface area (Å²) in [6, 6.07) is 7.57. The summed E-state index contributed by atoms with van der Waals surface area (Å²) < 4.78 is 26.5. The van der Waals surface area contributed by atoms with Crippen molar-refractivity contribution in [1.82, 2.24) is 9.78 Å². The number of nitrogens with two attached hydrogens (primary N) is 1. The van der Waals surface area contributed by atoms with E-state index in [4.69, 9.17) is 20.3 Å². The maximum Gasteiger partial charge on any atom is 0.151 e. The van der Waals surface area contributed by atoms with Crippen LogP contribution in [0.3, 0.4) is 0 Å². The number of ether oxygens (including phenoxy) is 2. The Kier molecular flexibility index (Phi) is 4.13. The lowest BCUT2D eigenvalue weighted by molar-refractivity contribution is 0.123. The molecule has 0 saturated heterocycles. The molecule has 2 aliphatic carbocycles. The van der Waals surface area contributed by atoms with E-state index in [1.165, 1.54) is 0 Å². The number of methoxy groups -OCH3 is 2. The van der Waals surface area contributed by atoms with Crippen LogP contribution in [0.25, 0.3) is 11.3 Å². The summed E-state index contributed by atoms with van der Waals surface area (Å²) in [6.07, 6.45) is 4.23. The molecule has 2 N–H and O–H groups in total. The Morgan fingerprint density at radius 3 is 2.48 bits per heavy atom. The van der Waals surface area contributed by atoms with Gasteiger partial charge in [0.1, 0.15) is 19.3 Å². The van der Waals surface area contributed by atoms with Gasteiger partial charge in [0.05, 0.1) is 18.5 Å². The van der Waals surface area contributed by atoms with Crippen LogP contribution in [0.4, 0.5) is 5.69 Å². The minimum atomic E-state index is -2.45. The predicted molar refractivity (Wildman–Crippen MR) is 98.9 cm³/mol. The van der Waals surface area contributed by atoms with Crippen molar-refractivity contribution in [2.45, 2.75) is 43.7 Å². The standard InChI is InChI=1S/C18H24N3O3P/c1-23-11-21-17(25(22,12-6-7-12)13-8-9-13)10-16(20-21)14-4-3-5-15(19)18(14)24-2/h3-5,10,12-13H,6-9,11,19H2,1-2H3. The number of hydrogen-bond donors (Lipinski definition) is 1. The van der Waals surface area contributed by atoms with Crippen molar-refractivity contribution in [3.8, 4) is 17.0 Å². The van der Waals surface area contributed by atoms with Crippen LogP contribution in [0.2, 0.25) is 0 Å². The molecule has 2 fully saturated rings. The number of hydrogen-bond acceptors (Lipinski definition) is 5. The third-order valence-corrected chi connectivity index (χ3v) is 9.35. The van der Waals surface area contributed by atoms with E-state index in [-0.39, 0.29) is 0 Å². The zero-order valence-electron chi connectivity index (χ0n) is 14.6. The van der Waals surface area contributed by atoms with Gasteiger partial charge in [-0.1, -0.05) is 6.07 Å². The van der Waals surface area contributed by atoms with Crippen LogP contribution in [0, 0.1) is 0 Å². The Bertz CT molecular complexity index is 824. The number of benzene rings is 1. The van der Waals surface area contributed by atoms with E-state index in [1.54, 1.807) is 25.0 Å². The first kappa shape index (κ1) is 16.7. The lowest BCUT2D eigenvalue weighted by Gasteiger charge is -2.18. The Morgan fingerprint density at radius 2 is 1.92 bits per heavy atom. The molecule has 1 aromatic heterocycles. The van der Waals surface area contributed by atoms with Crippen molar-refractivity contribution in [3.05, 3.63) is 24.3 Å². The van der Waals surface area contributed by atoms with Crippen LogP contribution in [-0.2, 0) is 16.0 Å². The highest BCUT2D eigenvalue weighted by Crippen LogP contribution is 2.69. The third kappa shape index (κ3) is 2.77. The molecule has 4 rings (SSSR count). The fourth-order valence-electron chi connectivity index (χ4n) is 3.61. The zero-order valence-corrected chi connectivity index (χ0v) is 15.5. The first-order chi connectivity index (χ1) is 12.1. The fraction of sp³-hybridized carbons (Fsp3) is 0.500. The van der Waals surface area contributed by atoms with Crippen molar-refractivity contribution in [2.24, 2.45) is 0 Å². The van der Waals surface area contributed by atoms with Gasteiger partial charge < -0.3 is 19.8 Å². The van der Waals surface area contributed by atoms with Gasteiger partial charge in [0, 0.05) is 24.0 Å². The number of nitrogens with zero attached hydrogens (tertiary/aromatic N) is 2. The van der Waals surface area contributed by atoms with E-state index < -0.39 is 7.14 Å². The van der Waals surface area contributed by atoms with Crippen molar-refractivity contribution < 1.29 is 14.0 Å². The zero-order chi connectivity index (χ0) is 17.6. The second kappa shape index (κ2) is 6.19. The van der Waals surface area contributed by atoms with Gasteiger partial charge in [-0.25, -0.2) is 4.68 Å². The molecule has 7 heteroatoms. The minimum absolute atomic E-state index is 0.295. The second-order valence-corrected chi connectivity index (χ2v) is 10.2. The monoisotopic (exact) mass is 361 g/mol. The highest BCUT2D eigenvalue weighted by molar-refractivity contribution is 7.73. The molecule has 2 aliphatic rings. The fourth-order valence-corrected chi connectivity index (χ4v) is 7.57. The van der Waals surface area contributed by atoms with Gasteiger partial charge in [-0.15, -0.1) is 0 Å². The molecule has 6 nitrogen and oxygen atoms in total. The van der Waals surface area contributed by atoms with Crippen LogP contribution >= 0.6 is 7.14 Å². The van der Waals surface area contributed by atoms with Crippen molar-refractivity contribution in [2.75, 3.05) is 20.0 Å². The van der Waals surface area contributed by atoms with Crippen LogP contribution in [0.5, 0.6) is 5.75 Å². The first-order valence-electron chi connectivity index (χ1n) is 8.69. The summed E-state index contributed by atoms with van der Waals surface area (Å²) in [5, 5.41) is 4.69. The Balaban J connectivity index is 1.84. The Hall–Kier alpha value is -1.78. The van der Waals surface area contributed by atoms with Gasteiger partial charge in [-0.05, 0) is 43.9 Å². The molecular weight excluding hydrogens is 337 g/mol. The summed E-state index contributed by atoms with van der Waals surface area (Å²) >= 11 is 0. The van der Waals surface area contributed by atoms with E-state index in [2.05, 4.69) is 0 Å². The topological polar surface area (TPSA) is 79.4 Å². The van der Waals surface area contributed by atoms with E-state index in [0.717, 1.165) is 42.4 Å². The van der Waals surface area contributed by atoms with E-state index in [9.17, 15) is 4.57 Å². The molecule has 1 heterocycles. The molecule has 0 aliphatic heterocycles. The number of para-hydroxylation sites is 1. The molecule has 0 spiro atoms. The molecule has 0 amide bonds. The van der Waals surface area contributed by atoms with E-state index in [1.807, 2.05) is 18.2 Å². The third-order valence-electron chi connectivity index (χ3n) is 5.07. The Morgan fingerprint density at radius 1 is 1.24 bits per heavy atom. The van der Waals surface area contributed by atoms with Crippen LogP contribution in [-0.4, -0.2) is 35.3 Å². The van der Waals surface area contributed by atoms with Gasteiger partial charge in [0.15, 0.2) is 5.75 Å². The highest BCUT2D eigenvalue weighted by atomic mass is 31.2. The SMILES string of the molecule is COCn1nc(-c2cccc(N)c2OC)cc1P(=O)(C1CC1)C1CC1. The molecule has 1 aromatic carbocycles. The molecule has 0 unspecified atom stereocenters. The summed E-state index contributed by atoms with van der Waals surface area (Å²) in [5.74, 6) is 0.601. The smallest absolute Gasteiger partial charge is 0.151 e. The van der Waals surface area contributed by atoms with E-state index in [0.29, 0.717) is 29.5 Å². The predicted octanol–water partition coefficient (Wildman–Crippen LogP) is 3.06. The molecule has 0 atom stereocenters. The van der Waals surface area contributed by atoms with Crippen LogP contribution in [0.15, 0.2) is 24.3 Å². The van der Waals surface area contributed by atoms with Crippen molar-refractivity contribution >= 4 is 18.3 Å². The average molecular weight is 361 g/mol. The summed E-state index contributed by atoms with van der Waals surface area (Å²) in [5.41, 5.74) is 9.64. The lowest BCUT2D eigenvalue weighted by Crippen LogP contribution is -2.23. The molecular formula is C18H24N3O3P. The maximum absolute atomic E-state index is 13.9. The van der Waals surface area contributed by atoms with Gasteiger partial charge >= 0.3 is 0 Å². The van der Waals surface area contributed by atoms with Gasteiger partial charge in [0.2, 0.25) is 0 Å². The number of anilines is 1. The van der Waals surface area contributed by atoms with Crippen molar-refractivity contribution in [3.63, 3.8) is 0 Å². The van der Waals surface area contributed by atoms with Crippen LogP contribution in [0.1, 0.15) is 25.7 Å². The molecule has 0 radical (unpaired) electrons. The summed E-state index contributed by atoms with van der Waals surface area (Å²) in [7, 11) is 0.782. The van der Waals surface area contributed by atoms with Crippen LogP contribution < -0.4 is 15.9 Å². The molecule has 0 bridgehead atoms. The number of aromatic nitrogens is 2. The number of nitrogen functional groups attached to an aromatic ring is 1. The average Bonchev–Trinajstić information content (AvgIpc) is 3.51. The summed E-state index contributed by atoms with van der Waals surface area (Å²) in [6.45, 7) is 0.295. The lowest BCUT2D eigenvalue weighted by atomic mass is 10.1. The highest BCUT2D eigenvalue weighted by Gasteiger charge is 2.53. The molecule has 2 saturated carbocycles. The Labute approximate surface area is 147 Å². The molecule has 2 aromatic rings. The van der Waals surface area contributed by atoms with E-state index >= 15 is 0 Å².